The van der Waals surface area contributed by atoms with Gasteiger partial charge in [-0.2, -0.15) is 0 Å². The van der Waals surface area contributed by atoms with E-state index in [1.807, 2.05) is 42.5 Å². The molecule has 0 aliphatic rings. The van der Waals surface area contributed by atoms with Gasteiger partial charge >= 0.3 is 0 Å². The van der Waals surface area contributed by atoms with E-state index < -0.39 is 0 Å². The number of benzene rings is 3. The van der Waals surface area contributed by atoms with Crippen LogP contribution in [0.2, 0.25) is 5.02 Å². The SMILES string of the molecule is O=Nc1ccccc1N=Nc1c(O)[nH]c2ccc(SNCc3ccc(Cl)cc3)cc12. The van der Waals surface area contributed by atoms with Crippen molar-refractivity contribution in [2.75, 3.05) is 0 Å². The molecule has 0 bridgehead atoms. The fraction of sp³-hybridized carbons (Fsp3) is 0.0476. The van der Waals surface area contributed by atoms with Gasteiger partial charge in [0.15, 0.2) is 5.69 Å². The summed E-state index contributed by atoms with van der Waals surface area (Å²) in [5.74, 6) is -0.0958. The van der Waals surface area contributed by atoms with E-state index in [9.17, 15) is 10.0 Å². The number of hydrogen-bond acceptors (Lipinski definition) is 7. The Balaban J connectivity index is 1.54. The van der Waals surface area contributed by atoms with Crippen LogP contribution in [-0.2, 0) is 6.54 Å². The number of rotatable bonds is 7. The minimum absolute atomic E-state index is 0.0958. The summed E-state index contributed by atoms with van der Waals surface area (Å²) in [6, 6.07) is 20.0. The van der Waals surface area contributed by atoms with Crippen molar-refractivity contribution < 1.29 is 5.11 Å². The standard InChI is InChI=1S/C21H16ClN5O2S/c22-14-7-5-13(6-8-14)12-23-30-15-9-10-17-16(11-15)20(21(28)24-17)26-25-18-3-1-2-4-19(18)27-29/h1-11,23-24,28H,12H2. The lowest BCUT2D eigenvalue weighted by Crippen LogP contribution is -2.02. The number of halogens is 1. The van der Waals surface area contributed by atoms with E-state index in [1.165, 1.54) is 11.9 Å². The molecule has 0 saturated heterocycles. The lowest BCUT2D eigenvalue weighted by molar-refractivity contribution is 0.459. The maximum absolute atomic E-state index is 10.9. The van der Waals surface area contributed by atoms with Crippen molar-refractivity contribution >= 4 is 51.5 Å². The first kappa shape index (κ1) is 20.1. The third-order valence-corrected chi connectivity index (χ3v) is 5.37. The van der Waals surface area contributed by atoms with Crippen LogP contribution < -0.4 is 4.72 Å². The molecule has 0 amide bonds. The molecule has 0 unspecified atom stereocenters. The molecule has 9 heteroatoms. The molecule has 4 rings (SSSR count). The zero-order valence-electron chi connectivity index (χ0n) is 15.5. The molecule has 0 aliphatic carbocycles. The summed E-state index contributed by atoms with van der Waals surface area (Å²) in [7, 11) is 0. The Morgan fingerprint density at radius 2 is 1.77 bits per heavy atom. The number of nitrogens with zero attached hydrogens (tertiary/aromatic N) is 3. The minimum Gasteiger partial charge on any atom is -0.493 e. The van der Waals surface area contributed by atoms with Gasteiger partial charge in [0.05, 0.1) is 5.52 Å². The van der Waals surface area contributed by atoms with Crippen LogP contribution in [0.15, 0.2) is 87.0 Å². The van der Waals surface area contributed by atoms with E-state index in [1.54, 1.807) is 24.3 Å². The number of aromatic amines is 1. The Hall–Kier alpha value is -3.20. The fourth-order valence-corrected chi connectivity index (χ4v) is 3.69. The van der Waals surface area contributed by atoms with Crippen molar-refractivity contribution in [2.45, 2.75) is 11.4 Å². The van der Waals surface area contributed by atoms with Gasteiger partial charge in [0, 0.05) is 21.8 Å². The highest BCUT2D eigenvalue weighted by Crippen LogP contribution is 2.39. The third-order valence-electron chi connectivity index (χ3n) is 4.34. The quantitative estimate of drug-likeness (QED) is 0.162. The Labute approximate surface area is 181 Å². The third kappa shape index (κ3) is 4.51. The van der Waals surface area contributed by atoms with Gasteiger partial charge in [-0.05, 0) is 65.2 Å². The van der Waals surface area contributed by atoms with Crippen molar-refractivity contribution in [3.05, 3.63) is 82.2 Å². The summed E-state index contributed by atoms with van der Waals surface area (Å²) in [6.07, 6.45) is 0. The number of aromatic hydroxyl groups is 1. The number of nitroso groups, excluding NO2 is 1. The number of nitrogens with one attached hydrogen (secondary N) is 2. The van der Waals surface area contributed by atoms with E-state index in [2.05, 4.69) is 25.1 Å². The van der Waals surface area contributed by atoms with Crippen LogP contribution in [0.3, 0.4) is 0 Å². The second-order valence-corrected chi connectivity index (χ2v) is 7.76. The number of azo groups is 1. The van der Waals surface area contributed by atoms with Crippen LogP contribution in [0.25, 0.3) is 10.9 Å². The molecular weight excluding hydrogens is 422 g/mol. The van der Waals surface area contributed by atoms with E-state index in [0.29, 0.717) is 28.3 Å². The van der Waals surface area contributed by atoms with Gasteiger partial charge in [-0.25, -0.2) is 0 Å². The molecule has 0 saturated carbocycles. The van der Waals surface area contributed by atoms with E-state index in [0.717, 1.165) is 16.0 Å². The van der Waals surface area contributed by atoms with Crippen LogP contribution in [0.5, 0.6) is 5.88 Å². The highest BCUT2D eigenvalue weighted by atomic mass is 35.5. The number of hydrogen-bond donors (Lipinski definition) is 3. The molecule has 30 heavy (non-hydrogen) atoms. The Morgan fingerprint density at radius 1 is 1.00 bits per heavy atom. The molecule has 1 heterocycles. The number of aromatic nitrogens is 1. The number of fused-ring (bicyclic) bond motifs is 1. The van der Waals surface area contributed by atoms with Crippen molar-refractivity contribution in [3.63, 3.8) is 0 Å². The van der Waals surface area contributed by atoms with Crippen molar-refractivity contribution in [3.8, 4) is 5.88 Å². The minimum atomic E-state index is -0.0958. The van der Waals surface area contributed by atoms with Crippen LogP contribution in [0, 0.1) is 4.91 Å². The fourth-order valence-electron chi connectivity index (χ4n) is 2.84. The maximum Gasteiger partial charge on any atom is 0.218 e. The van der Waals surface area contributed by atoms with Gasteiger partial charge < -0.3 is 10.1 Å². The first-order chi connectivity index (χ1) is 14.6. The molecule has 7 nitrogen and oxygen atoms in total. The molecule has 0 aliphatic heterocycles. The van der Waals surface area contributed by atoms with Gasteiger partial charge in [0.25, 0.3) is 0 Å². The molecule has 150 valence electrons. The summed E-state index contributed by atoms with van der Waals surface area (Å²) in [4.78, 5) is 14.7. The van der Waals surface area contributed by atoms with E-state index in [4.69, 9.17) is 11.6 Å². The van der Waals surface area contributed by atoms with Gasteiger partial charge in [-0.15, -0.1) is 15.1 Å². The van der Waals surface area contributed by atoms with E-state index >= 15 is 0 Å². The van der Waals surface area contributed by atoms with Gasteiger partial charge in [-0.3, -0.25) is 4.72 Å². The predicted molar refractivity (Wildman–Crippen MR) is 120 cm³/mol. The lowest BCUT2D eigenvalue weighted by atomic mass is 10.2. The molecule has 3 aromatic carbocycles. The molecule has 0 radical (unpaired) electrons. The highest BCUT2D eigenvalue weighted by molar-refractivity contribution is 7.97. The summed E-state index contributed by atoms with van der Waals surface area (Å²) >= 11 is 7.38. The molecule has 0 fully saturated rings. The van der Waals surface area contributed by atoms with Gasteiger partial charge in [0.1, 0.15) is 11.4 Å². The van der Waals surface area contributed by atoms with Crippen molar-refractivity contribution in [1.29, 1.82) is 0 Å². The average Bonchev–Trinajstić information content (AvgIpc) is 3.08. The summed E-state index contributed by atoms with van der Waals surface area (Å²) in [5.41, 5.74) is 2.65. The average molecular weight is 438 g/mol. The van der Waals surface area contributed by atoms with Crippen LogP contribution >= 0.6 is 23.5 Å². The summed E-state index contributed by atoms with van der Waals surface area (Å²) < 4.78 is 3.30. The Kier molecular flexibility index (Phi) is 6.08. The van der Waals surface area contributed by atoms with Crippen LogP contribution in [0.4, 0.5) is 17.1 Å². The smallest absolute Gasteiger partial charge is 0.218 e. The lowest BCUT2D eigenvalue weighted by Gasteiger charge is -2.05. The highest BCUT2D eigenvalue weighted by Gasteiger charge is 2.12. The second-order valence-electron chi connectivity index (χ2n) is 6.36. The monoisotopic (exact) mass is 437 g/mol. The maximum atomic E-state index is 10.9. The molecule has 3 N–H and O–H groups in total. The molecule has 1 aromatic heterocycles. The second kappa shape index (κ2) is 9.08. The first-order valence-electron chi connectivity index (χ1n) is 8.97. The van der Waals surface area contributed by atoms with Gasteiger partial charge in [0.2, 0.25) is 5.88 Å². The topological polar surface area (TPSA) is 102 Å². The molecule has 0 atom stereocenters. The van der Waals surface area contributed by atoms with Crippen molar-refractivity contribution in [2.24, 2.45) is 15.4 Å². The normalized spacial score (nSPS) is 11.4. The Bertz CT molecular complexity index is 1220. The van der Waals surface area contributed by atoms with Gasteiger partial charge in [-0.1, -0.05) is 35.9 Å². The largest absolute Gasteiger partial charge is 0.493 e. The Morgan fingerprint density at radius 3 is 2.53 bits per heavy atom. The zero-order chi connectivity index (χ0) is 20.9. The molecule has 0 spiro atoms. The zero-order valence-corrected chi connectivity index (χ0v) is 17.1. The molecule has 4 aromatic rings. The predicted octanol–water partition coefficient (Wildman–Crippen LogP) is 7.14. The first-order valence-corrected chi connectivity index (χ1v) is 10.2. The van der Waals surface area contributed by atoms with Crippen molar-refractivity contribution in [1.82, 2.24) is 9.71 Å². The van der Waals surface area contributed by atoms with Crippen LogP contribution in [-0.4, -0.2) is 10.1 Å². The number of H-pyrrole nitrogens is 1. The van der Waals surface area contributed by atoms with E-state index in [-0.39, 0.29) is 11.6 Å². The summed E-state index contributed by atoms with van der Waals surface area (Å²) in [6.45, 7) is 0.667. The molecular formula is C21H16ClN5O2S. The summed E-state index contributed by atoms with van der Waals surface area (Å²) in [5, 5.41) is 22.8. The van der Waals surface area contributed by atoms with Crippen LogP contribution in [0.1, 0.15) is 5.56 Å².